The second-order valence-electron chi connectivity index (χ2n) is 3.31. The fraction of sp³-hybridized carbons (Fsp3) is 0.200. The van der Waals surface area contributed by atoms with E-state index in [0.29, 0.717) is 5.69 Å². The quantitative estimate of drug-likeness (QED) is 0.666. The van der Waals surface area contributed by atoms with Crippen LogP contribution in [0.1, 0.15) is 10.5 Å². The zero-order chi connectivity index (χ0) is 10.1. The first-order valence-electron chi connectivity index (χ1n) is 4.32. The van der Waals surface area contributed by atoms with E-state index in [4.69, 9.17) is 0 Å². The van der Waals surface area contributed by atoms with Crippen LogP contribution in [-0.2, 0) is 0 Å². The Labute approximate surface area is 81.8 Å². The number of aromatic nitrogens is 2. The molecule has 0 amide bonds. The van der Waals surface area contributed by atoms with Crippen LogP contribution in [0.2, 0.25) is 0 Å². The molecule has 4 nitrogen and oxygen atoms in total. The van der Waals surface area contributed by atoms with E-state index >= 15 is 0 Å². The SMILES string of the molecule is CN(C)c1ccn2c(C=O)cnc2c1. The number of hydrogen-bond acceptors (Lipinski definition) is 3. The van der Waals surface area contributed by atoms with Gasteiger partial charge in [0.25, 0.3) is 0 Å². The molecule has 0 radical (unpaired) electrons. The Morgan fingerprint density at radius 1 is 1.50 bits per heavy atom. The number of carbonyl (C=O) groups excluding carboxylic acids is 1. The van der Waals surface area contributed by atoms with Crippen LogP contribution < -0.4 is 4.90 Å². The number of rotatable bonds is 2. The van der Waals surface area contributed by atoms with Gasteiger partial charge in [-0.05, 0) is 6.07 Å². The van der Waals surface area contributed by atoms with Crippen molar-refractivity contribution in [3.8, 4) is 0 Å². The first-order chi connectivity index (χ1) is 6.72. The molecule has 0 saturated heterocycles. The van der Waals surface area contributed by atoms with Crippen LogP contribution in [0.25, 0.3) is 5.65 Å². The fourth-order valence-corrected chi connectivity index (χ4v) is 1.35. The summed E-state index contributed by atoms with van der Waals surface area (Å²) in [6, 6.07) is 3.88. The third-order valence-electron chi connectivity index (χ3n) is 2.16. The van der Waals surface area contributed by atoms with Crippen LogP contribution in [0.15, 0.2) is 24.5 Å². The van der Waals surface area contributed by atoms with Gasteiger partial charge in [-0.1, -0.05) is 0 Å². The number of aldehydes is 1. The number of anilines is 1. The van der Waals surface area contributed by atoms with Gasteiger partial charge in [-0.25, -0.2) is 4.98 Å². The van der Waals surface area contributed by atoms with Crippen molar-refractivity contribution < 1.29 is 4.79 Å². The molecule has 0 spiro atoms. The first-order valence-corrected chi connectivity index (χ1v) is 4.32. The van der Waals surface area contributed by atoms with E-state index in [-0.39, 0.29) is 0 Å². The smallest absolute Gasteiger partial charge is 0.168 e. The highest BCUT2D eigenvalue weighted by atomic mass is 16.1. The lowest BCUT2D eigenvalue weighted by Crippen LogP contribution is -2.08. The third kappa shape index (κ3) is 1.25. The molecule has 0 bridgehead atoms. The molecule has 0 unspecified atom stereocenters. The van der Waals surface area contributed by atoms with Gasteiger partial charge in [0.15, 0.2) is 6.29 Å². The number of nitrogens with zero attached hydrogens (tertiary/aromatic N) is 3. The molecule has 4 heteroatoms. The highest BCUT2D eigenvalue weighted by Gasteiger charge is 2.03. The summed E-state index contributed by atoms with van der Waals surface area (Å²) in [7, 11) is 3.94. The highest BCUT2D eigenvalue weighted by Crippen LogP contribution is 2.14. The molecule has 0 fully saturated rings. The Kier molecular flexibility index (Phi) is 1.96. The second-order valence-corrected chi connectivity index (χ2v) is 3.31. The molecular weight excluding hydrogens is 178 g/mol. The van der Waals surface area contributed by atoms with Gasteiger partial charge >= 0.3 is 0 Å². The largest absolute Gasteiger partial charge is 0.378 e. The van der Waals surface area contributed by atoms with Gasteiger partial charge in [0.2, 0.25) is 0 Å². The summed E-state index contributed by atoms with van der Waals surface area (Å²) in [5.74, 6) is 0. The Bertz CT molecular complexity index is 473. The number of pyridine rings is 1. The molecule has 2 aromatic rings. The van der Waals surface area contributed by atoms with Crippen molar-refractivity contribution in [1.82, 2.24) is 9.38 Å². The normalized spacial score (nSPS) is 10.4. The van der Waals surface area contributed by atoms with Crippen molar-refractivity contribution in [2.45, 2.75) is 0 Å². The number of fused-ring (bicyclic) bond motifs is 1. The van der Waals surface area contributed by atoms with Gasteiger partial charge in [0, 0.05) is 32.0 Å². The average Bonchev–Trinajstić information content (AvgIpc) is 2.59. The molecule has 0 aliphatic heterocycles. The number of imidazole rings is 1. The molecular formula is C10H11N3O. The molecule has 0 aliphatic rings. The molecule has 2 rings (SSSR count). The van der Waals surface area contributed by atoms with Gasteiger partial charge in [-0.3, -0.25) is 9.20 Å². The van der Waals surface area contributed by atoms with Gasteiger partial charge in [0.1, 0.15) is 11.3 Å². The summed E-state index contributed by atoms with van der Waals surface area (Å²) < 4.78 is 1.76. The lowest BCUT2D eigenvalue weighted by Gasteiger charge is -2.11. The number of carbonyl (C=O) groups is 1. The summed E-state index contributed by atoms with van der Waals surface area (Å²) in [5.41, 5.74) is 2.43. The maximum atomic E-state index is 10.6. The third-order valence-corrected chi connectivity index (χ3v) is 2.16. The van der Waals surface area contributed by atoms with Crippen LogP contribution in [0, 0.1) is 0 Å². The molecule has 2 heterocycles. The van der Waals surface area contributed by atoms with Crippen LogP contribution in [0.3, 0.4) is 0 Å². The Morgan fingerprint density at radius 2 is 2.29 bits per heavy atom. The van der Waals surface area contributed by atoms with Crippen LogP contribution in [0.4, 0.5) is 5.69 Å². The van der Waals surface area contributed by atoms with E-state index in [0.717, 1.165) is 17.6 Å². The molecule has 0 N–H and O–H groups in total. The van der Waals surface area contributed by atoms with E-state index in [9.17, 15) is 4.79 Å². The Morgan fingerprint density at radius 3 is 2.93 bits per heavy atom. The molecule has 0 aromatic carbocycles. The van der Waals surface area contributed by atoms with E-state index in [2.05, 4.69) is 4.98 Å². The minimum Gasteiger partial charge on any atom is -0.378 e. The second kappa shape index (κ2) is 3.14. The van der Waals surface area contributed by atoms with Crippen LogP contribution >= 0.6 is 0 Å². The predicted molar refractivity (Wildman–Crippen MR) is 54.9 cm³/mol. The van der Waals surface area contributed by atoms with E-state index < -0.39 is 0 Å². The molecule has 0 aliphatic carbocycles. The highest BCUT2D eigenvalue weighted by molar-refractivity contribution is 5.74. The monoisotopic (exact) mass is 189 g/mol. The summed E-state index contributed by atoms with van der Waals surface area (Å²) in [6.45, 7) is 0. The van der Waals surface area contributed by atoms with Crippen molar-refractivity contribution in [2.75, 3.05) is 19.0 Å². The maximum Gasteiger partial charge on any atom is 0.168 e. The fourth-order valence-electron chi connectivity index (χ4n) is 1.35. The minimum absolute atomic E-state index is 0.574. The maximum absolute atomic E-state index is 10.6. The molecule has 2 aromatic heterocycles. The summed E-state index contributed by atoms with van der Waals surface area (Å²) in [5, 5.41) is 0. The van der Waals surface area contributed by atoms with Crippen molar-refractivity contribution >= 4 is 17.6 Å². The first kappa shape index (κ1) is 8.74. The molecule has 0 saturated carbocycles. The molecule has 72 valence electrons. The minimum atomic E-state index is 0.574. The average molecular weight is 189 g/mol. The zero-order valence-corrected chi connectivity index (χ0v) is 8.14. The van der Waals surface area contributed by atoms with Gasteiger partial charge < -0.3 is 4.90 Å². The molecule has 14 heavy (non-hydrogen) atoms. The van der Waals surface area contributed by atoms with Crippen LogP contribution in [-0.4, -0.2) is 29.8 Å². The van der Waals surface area contributed by atoms with E-state index in [1.807, 2.05) is 37.3 Å². The summed E-state index contributed by atoms with van der Waals surface area (Å²) >= 11 is 0. The van der Waals surface area contributed by atoms with Crippen molar-refractivity contribution in [3.63, 3.8) is 0 Å². The summed E-state index contributed by atoms with van der Waals surface area (Å²) in [6.07, 6.45) is 4.22. The Hall–Kier alpha value is -1.84. The predicted octanol–water partition coefficient (Wildman–Crippen LogP) is 1.21. The Balaban J connectivity index is 2.63. The molecule has 0 atom stereocenters. The van der Waals surface area contributed by atoms with Crippen molar-refractivity contribution in [3.05, 3.63) is 30.2 Å². The standard InChI is InChI=1S/C10H11N3O/c1-12(2)8-3-4-13-9(7-14)6-11-10(13)5-8/h3-7H,1-2H3. The van der Waals surface area contributed by atoms with Crippen molar-refractivity contribution in [2.24, 2.45) is 0 Å². The van der Waals surface area contributed by atoms with E-state index in [1.165, 1.54) is 0 Å². The zero-order valence-electron chi connectivity index (χ0n) is 8.14. The van der Waals surface area contributed by atoms with Crippen molar-refractivity contribution in [1.29, 1.82) is 0 Å². The lowest BCUT2D eigenvalue weighted by atomic mass is 10.3. The lowest BCUT2D eigenvalue weighted by molar-refractivity contribution is 0.111. The van der Waals surface area contributed by atoms with Gasteiger partial charge in [-0.15, -0.1) is 0 Å². The number of hydrogen-bond donors (Lipinski definition) is 0. The van der Waals surface area contributed by atoms with Gasteiger partial charge in [-0.2, -0.15) is 0 Å². The summed E-state index contributed by atoms with van der Waals surface area (Å²) in [4.78, 5) is 16.8. The topological polar surface area (TPSA) is 37.6 Å². The van der Waals surface area contributed by atoms with Gasteiger partial charge in [0.05, 0.1) is 6.20 Å². The van der Waals surface area contributed by atoms with Crippen LogP contribution in [0.5, 0.6) is 0 Å². The van der Waals surface area contributed by atoms with E-state index in [1.54, 1.807) is 10.6 Å².